The third-order valence-electron chi connectivity index (χ3n) is 3.45. The van der Waals surface area contributed by atoms with E-state index >= 15 is 0 Å². The van der Waals surface area contributed by atoms with Gasteiger partial charge in [-0.3, -0.25) is 9.69 Å². The van der Waals surface area contributed by atoms with Crippen molar-refractivity contribution in [2.75, 3.05) is 18.1 Å². The molecule has 1 atom stereocenters. The monoisotopic (exact) mass is 319 g/mol. The molecule has 2 rings (SSSR count). The van der Waals surface area contributed by atoms with Crippen LogP contribution in [0.1, 0.15) is 12.0 Å². The molecule has 1 aliphatic rings. The minimum absolute atomic E-state index is 0.000312. The van der Waals surface area contributed by atoms with Crippen LogP contribution in [0.25, 0.3) is 0 Å². The summed E-state index contributed by atoms with van der Waals surface area (Å²) >= 11 is 0. The first-order chi connectivity index (χ1) is 9.77. The fraction of sp³-hybridized carbons (Fsp3) is 0.462. The van der Waals surface area contributed by atoms with E-state index in [1.807, 2.05) is 0 Å². The Labute approximate surface area is 121 Å². The highest BCUT2D eigenvalue weighted by molar-refractivity contribution is 7.91. The van der Waals surface area contributed by atoms with Crippen LogP contribution in [0.5, 0.6) is 0 Å². The minimum atomic E-state index is -3.17. The summed E-state index contributed by atoms with van der Waals surface area (Å²) in [6, 6.07) is 2.58. The number of rotatable bonds is 5. The second kappa shape index (κ2) is 6.07. The zero-order valence-corrected chi connectivity index (χ0v) is 11.9. The highest BCUT2D eigenvalue weighted by Gasteiger charge is 2.33. The third kappa shape index (κ3) is 4.21. The summed E-state index contributed by atoms with van der Waals surface area (Å²) in [5.41, 5.74) is 0.141. The standard InChI is InChI=1S/C13H15F2NO4S/c14-10-2-1-9(12(15)5-10)6-16(7-13(17)18)11-3-4-21(19,20)8-11/h1-2,5,11H,3-4,6-8H2,(H,17,18). The fourth-order valence-corrected chi connectivity index (χ4v) is 4.18. The van der Waals surface area contributed by atoms with Gasteiger partial charge in [-0.2, -0.15) is 0 Å². The smallest absolute Gasteiger partial charge is 0.317 e. The molecule has 1 aromatic carbocycles. The zero-order valence-electron chi connectivity index (χ0n) is 11.1. The number of benzene rings is 1. The van der Waals surface area contributed by atoms with Crippen molar-refractivity contribution in [3.63, 3.8) is 0 Å². The van der Waals surface area contributed by atoms with Gasteiger partial charge in [0.2, 0.25) is 0 Å². The van der Waals surface area contributed by atoms with Gasteiger partial charge in [-0.25, -0.2) is 17.2 Å². The maximum absolute atomic E-state index is 13.7. The Bertz CT molecular complexity index is 648. The Hall–Kier alpha value is -1.54. The minimum Gasteiger partial charge on any atom is -0.480 e. The van der Waals surface area contributed by atoms with Gasteiger partial charge in [-0.1, -0.05) is 6.07 Å². The van der Waals surface area contributed by atoms with Crippen LogP contribution in [-0.4, -0.2) is 48.5 Å². The summed E-state index contributed by atoms with van der Waals surface area (Å²) in [6.45, 7) is -0.463. The lowest BCUT2D eigenvalue weighted by atomic mass is 10.1. The van der Waals surface area contributed by atoms with E-state index < -0.39 is 40.0 Å². The Kier molecular flexibility index (Phi) is 4.58. The van der Waals surface area contributed by atoms with Crippen LogP contribution in [0.3, 0.4) is 0 Å². The summed E-state index contributed by atoms with van der Waals surface area (Å²) in [5.74, 6) is -2.75. The van der Waals surface area contributed by atoms with E-state index in [4.69, 9.17) is 5.11 Å². The molecular formula is C13H15F2NO4S. The lowest BCUT2D eigenvalue weighted by Crippen LogP contribution is -2.39. The second-order valence-corrected chi connectivity index (χ2v) is 7.32. The highest BCUT2D eigenvalue weighted by Crippen LogP contribution is 2.21. The number of halogens is 2. The van der Waals surface area contributed by atoms with Crippen LogP contribution >= 0.6 is 0 Å². The molecular weight excluding hydrogens is 304 g/mol. The van der Waals surface area contributed by atoms with Crippen LogP contribution in [0.4, 0.5) is 8.78 Å². The maximum atomic E-state index is 13.7. The molecule has 5 nitrogen and oxygen atoms in total. The summed E-state index contributed by atoms with van der Waals surface area (Å²) in [7, 11) is -3.17. The number of carboxylic acid groups (broad SMARTS) is 1. The molecule has 0 radical (unpaired) electrons. The van der Waals surface area contributed by atoms with Gasteiger partial charge in [0.05, 0.1) is 18.1 Å². The van der Waals surface area contributed by atoms with Gasteiger partial charge in [-0.15, -0.1) is 0 Å². The molecule has 0 spiro atoms. The predicted molar refractivity (Wildman–Crippen MR) is 71.5 cm³/mol. The van der Waals surface area contributed by atoms with Crippen molar-refractivity contribution >= 4 is 15.8 Å². The highest BCUT2D eigenvalue weighted by atomic mass is 32.2. The zero-order chi connectivity index (χ0) is 15.6. The number of carboxylic acids is 1. The van der Waals surface area contributed by atoms with Crippen molar-refractivity contribution in [3.8, 4) is 0 Å². The summed E-state index contributed by atoms with van der Waals surface area (Å²) in [5, 5.41) is 8.92. The van der Waals surface area contributed by atoms with E-state index in [1.165, 1.54) is 11.0 Å². The number of sulfone groups is 1. The summed E-state index contributed by atoms with van der Waals surface area (Å²) in [6.07, 6.45) is 0.318. The molecule has 1 saturated heterocycles. The Morgan fingerprint density at radius 2 is 2.10 bits per heavy atom. The molecule has 116 valence electrons. The Morgan fingerprint density at radius 3 is 2.62 bits per heavy atom. The lowest BCUT2D eigenvalue weighted by molar-refractivity contribution is -0.139. The molecule has 1 unspecified atom stereocenters. The molecule has 1 fully saturated rings. The molecule has 0 saturated carbocycles. The van der Waals surface area contributed by atoms with Crippen molar-refractivity contribution in [1.29, 1.82) is 0 Å². The summed E-state index contributed by atoms with van der Waals surface area (Å²) < 4.78 is 49.5. The Balaban J connectivity index is 2.18. The molecule has 1 N–H and O–H groups in total. The number of aliphatic carboxylic acids is 1. The van der Waals surface area contributed by atoms with Crippen LogP contribution in [0.2, 0.25) is 0 Å². The van der Waals surface area contributed by atoms with Gasteiger partial charge in [0.25, 0.3) is 0 Å². The molecule has 0 aliphatic carbocycles. The van der Waals surface area contributed by atoms with Crippen LogP contribution in [0.15, 0.2) is 18.2 Å². The second-order valence-electron chi connectivity index (χ2n) is 5.09. The van der Waals surface area contributed by atoms with Gasteiger partial charge in [0, 0.05) is 24.2 Å². The van der Waals surface area contributed by atoms with Crippen molar-refractivity contribution in [1.82, 2.24) is 4.90 Å². The van der Waals surface area contributed by atoms with Gasteiger partial charge in [-0.05, 0) is 12.5 Å². The molecule has 0 amide bonds. The number of hydrogen-bond acceptors (Lipinski definition) is 4. The topological polar surface area (TPSA) is 74.7 Å². The average molecular weight is 319 g/mol. The normalized spacial score (nSPS) is 20.8. The van der Waals surface area contributed by atoms with Gasteiger partial charge >= 0.3 is 5.97 Å². The van der Waals surface area contributed by atoms with Gasteiger partial charge in [0.1, 0.15) is 11.6 Å². The first-order valence-corrected chi connectivity index (χ1v) is 8.19. The van der Waals surface area contributed by atoms with Crippen molar-refractivity contribution in [3.05, 3.63) is 35.4 Å². The average Bonchev–Trinajstić information content (AvgIpc) is 2.71. The van der Waals surface area contributed by atoms with E-state index in [-0.39, 0.29) is 23.6 Å². The third-order valence-corrected chi connectivity index (χ3v) is 5.20. The van der Waals surface area contributed by atoms with E-state index in [1.54, 1.807) is 0 Å². The maximum Gasteiger partial charge on any atom is 0.317 e. The van der Waals surface area contributed by atoms with Crippen LogP contribution in [0, 0.1) is 11.6 Å². The van der Waals surface area contributed by atoms with Crippen molar-refractivity contribution in [2.45, 2.75) is 19.0 Å². The first-order valence-electron chi connectivity index (χ1n) is 6.37. The summed E-state index contributed by atoms with van der Waals surface area (Å²) in [4.78, 5) is 12.3. The predicted octanol–water partition coefficient (Wildman–Crippen LogP) is 1.04. The van der Waals surface area contributed by atoms with Crippen LogP contribution in [-0.2, 0) is 21.2 Å². The molecule has 0 aromatic heterocycles. The number of nitrogens with zero attached hydrogens (tertiary/aromatic N) is 1. The molecule has 1 aromatic rings. The van der Waals surface area contributed by atoms with Crippen molar-refractivity contribution in [2.24, 2.45) is 0 Å². The van der Waals surface area contributed by atoms with Gasteiger partial charge in [0.15, 0.2) is 9.84 Å². The molecule has 8 heteroatoms. The van der Waals surface area contributed by atoms with Crippen LogP contribution < -0.4 is 0 Å². The van der Waals surface area contributed by atoms with E-state index in [0.29, 0.717) is 6.42 Å². The number of hydrogen-bond donors (Lipinski definition) is 1. The van der Waals surface area contributed by atoms with E-state index in [2.05, 4.69) is 0 Å². The first kappa shape index (κ1) is 15.8. The quantitative estimate of drug-likeness (QED) is 0.878. The lowest BCUT2D eigenvalue weighted by Gasteiger charge is -2.26. The molecule has 1 aliphatic heterocycles. The van der Waals surface area contributed by atoms with Gasteiger partial charge < -0.3 is 5.11 Å². The fourth-order valence-electron chi connectivity index (χ4n) is 2.42. The SMILES string of the molecule is O=C(O)CN(Cc1ccc(F)cc1F)C1CCS(=O)(=O)C1. The molecule has 21 heavy (non-hydrogen) atoms. The van der Waals surface area contributed by atoms with E-state index in [9.17, 15) is 22.0 Å². The number of carbonyl (C=O) groups is 1. The Morgan fingerprint density at radius 1 is 1.38 bits per heavy atom. The molecule has 0 bridgehead atoms. The van der Waals surface area contributed by atoms with Crippen molar-refractivity contribution < 1.29 is 27.1 Å². The molecule has 1 heterocycles. The van der Waals surface area contributed by atoms with E-state index in [0.717, 1.165) is 12.1 Å². The largest absolute Gasteiger partial charge is 0.480 e.